The average molecular weight is 423 g/mol. The van der Waals surface area contributed by atoms with Gasteiger partial charge in [0.2, 0.25) is 5.91 Å². The number of urea groups is 1. The largest absolute Gasteiger partial charge is 0.493 e. The van der Waals surface area contributed by atoms with Gasteiger partial charge in [0.05, 0.1) is 27.2 Å². The standard InChI is InChI=1S/C23H25N3O5/c1-30-19-8-7-15(11-20(19)31-2)13-26-22(28)18(24-23(26)29)12-21(27)25-10-9-16-5-3-4-6-17(16)14-25/h3-8,11,18H,9-10,12-14H2,1-2H3,(H,24,29)/t18-/m0/s1. The van der Waals surface area contributed by atoms with E-state index in [1.165, 1.54) is 19.8 Å². The molecule has 4 amide bonds. The molecule has 2 aromatic rings. The minimum Gasteiger partial charge on any atom is -0.493 e. The van der Waals surface area contributed by atoms with E-state index in [1.54, 1.807) is 23.1 Å². The van der Waals surface area contributed by atoms with Gasteiger partial charge in [-0.2, -0.15) is 0 Å². The maximum atomic E-state index is 12.8. The molecule has 1 atom stereocenters. The molecule has 4 rings (SSSR count). The quantitative estimate of drug-likeness (QED) is 0.719. The van der Waals surface area contributed by atoms with E-state index in [1.807, 2.05) is 18.2 Å². The predicted octanol–water partition coefficient (Wildman–Crippen LogP) is 2.10. The Morgan fingerprint density at radius 1 is 1.06 bits per heavy atom. The SMILES string of the molecule is COc1ccc(CN2C(=O)N[C@@H](CC(=O)N3CCc4ccccc4C3)C2=O)cc1OC. The molecule has 8 heteroatoms. The summed E-state index contributed by atoms with van der Waals surface area (Å²) in [4.78, 5) is 40.9. The first-order valence-corrected chi connectivity index (χ1v) is 10.2. The van der Waals surface area contributed by atoms with Crippen molar-refractivity contribution in [2.75, 3.05) is 20.8 Å². The fraction of sp³-hybridized carbons (Fsp3) is 0.348. The van der Waals surface area contributed by atoms with Crippen LogP contribution in [0.4, 0.5) is 4.79 Å². The van der Waals surface area contributed by atoms with Gasteiger partial charge < -0.3 is 19.7 Å². The predicted molar refractivity (Wildman–Crippen MR) is 113 cm³/mol. The Bertz CT molecular complexity index is 1020. The highest BCUT2D eigenvalue weighted by Gasteiger charge is 2.40. The van der Waals surface area contributed by atoms with Crippen molar-refractivity contribution in [2.45, 2.75) is 32.0 Å². The van der Waals surface area contributed by atoms with Crippen molar-refractivity contribution >= 4 is 17.8 Å². The van der Waals surface area contributed by atoms with Gasteiger partial charge in [-0.3, -0.25) is 14.5 Å². The summed E-state index contributed by atoms with van der Waals surface area (Å²) in [6, 6.07) is 11.9. The number of methoxy groups -OCH3 is 2. The maximum Gasteiger partial charge on any atom is 0.325 e. The van der Waals surface area contributed by atoms with Crippen LogP contribution in [0.15, 0.2) is 42.5 Å². The second-order valence-electron chi connectivity index (χ2n) is 7.65. The van der Waals surface area contributed by atoms with Crippen LogP contribution in [0, 0.1) is 0 Å². The molecule has 0 bridgehead atoms. The number of nitrogens with zero attached hydrogens (tertiary/aromatic N) is 2. The molecule has 0 aliphatic carbocycles. The molecule has 31 heavy (non-hydrogen) atoms. The molecular weight excluding hydrogens is 398 g/mol. The molecule has 1 fully saturated rings. The number of carbonyl (C=O) groups is 3. The Morgan fingerprint density at radius 2 is 1.81 bits per heavy atom. The van der Waals surface area contributed by atoms with Crippen LogP contribution in [0.25, 0.3) is 0 Å². The zero-order valence-electron chi connectivity index (χ0n) is 17.6. The summed E-state index contributed by atoms with van der Waals surface area (Å²) in [6.45, 7) is 1.23. The normalized spacial score (nSPS) is 17.9. The lowest BCUT2D eigenvalue weighted by atomic mass is 9.99. The molecule has 1 saturated heterocycles. The summed E-state index contributed by atoms with van der Waals surface area (Å²) in [7, 11) is 3.06. The third-order valence-corrected chi connectivity index (χ3v) is 5.76. The van der Waals surface area contributed by atoms with E-state index in [-0.39, 0.29) is 18.9 Å². The summed E-state index contributed by atoms with van der Waals surface area (Å²) in [5.41, 5.74) is 3.10. The number of hydrogen-bond donors (Lipinski definition) is 1. The lowest BCUT2D eigenvalue weighted by Crippen LogP contribution is -2.41. The first kappa shape index (κ1) is 20.7. The summed E-state index contributed by atoms with van der Waals surface area (Å²) in [5, 5.41) is 2.65. The Kier molecular flexibility index (Phi) is 5.79. The first-order valence-electron chi connectivity index (χ1n) is 10.2. The fourth-order valence-corrected chi connectivity index (χ4v) is 4.04. The molecular formula is C23H25N3O5. The van der Waals surface area contributed by atoms with Crippen molar-refractivity contribution in [2.24, 2.45) is 0 Å². The summed E-state index contributed by atoms with van der Waals surface area (Å²) < 4.78 is 10.5. The van der Waals surface area contributed by atoms with Crippen LogP contribution in [0.2, 0.25) is 0 Å². The van der Waals surface area contributed by atoms with Crippen LogP contribution in [-0.4, -0.2) is 54.5 Å². The Balaban J connectivity index is 1.40. The second kappa shape index (κ2) is 8.67. The maximum absolute atomic E-state index is 12.8. The van der Waals surface area contributed by atoms with Gasteiger partial charge in [0, 0.05) is 13.1 Å². The van der Waals surface area contributed by atoms with Crippen molar-refractivity contribution in [3.63, 3.8) is 0 Å². The zero-order chi connectivity index (χ0) is 22.0. The molecule has 0 aromatic heterocycles. The number of benzene rings is 2. The number of nitrogens with one attached hydrogen (secondary N) is 1. The molecule has 2 aliphatic rings. The second-order valence-corrected chi connectivity index (χ2v) is 7.65. The van der Waals surface area contributed by atoms with Crippen molar-refractivity contribution < 1.29 is 23.9 Å². The molecule has 0 spiro atoms. The Labute approximate surface area is 180 Å². The number of amides is 4. The van der Waals surface area contributed by atoms with Crippen LogP contribution < -0.4 is 14.8 Å². The van der Waals surface area contributed by atoms with Gasteiger partial charge in [-0.1, -0.05) is 30.3 Å². The lowest BCUT2D eigenvalue weighted by molar-refractivity contribution is -0.136. The molecule has 1 N–H and O–H groups in total. The highest BCUT2D eigenvalue weighted by molar-refractivity contribution is 6.05. The van der Waals surface area contributed by atoms with Gasteiger partial charge in [0.1, 0.15) is 6.04 Å². The van der Waals surface area contributed by atoms with Crippen LogP contribution in [0.1, 0.15) is 23.1 Å². The van der Waals surface area contributed by atoms with Gasteiger partial charge in [-0.25, -0.2) is 4.79 Å². The Hall–Kier alpha value is -3.55. The van der Waals surface area contributed by atoms with Crippen LogP contribution in [0.5, 0.6) is 11.5 Å². The van der Waals surface area contributed by atoms with Crippen molar-refractivity contribution in [3.8, 4) is 11.5 Å². The van der Waals surface area contributed by atoms with E-state index in [9.17, 15) is 14.4 Å². The van der Waals surface area contributed by atoms with E-state index in [2.05, 4.69) is 11.4 Å². The summed E-state index contributed by atoms with van der Waals surface area (Å²) >= 11 is 0. The van der Waals surface area contributed by atoms with Crippen molar-refractivity contribution in [3.05, 3.63) is 59.2 Å². The van der Waals surface area contributed by atoms with Gasteiger partial charge in [0.15, 0.2) is 11.5 Å². The molecule has 2 heterocycles. The smallest absolute Gasteiger partial charge is 0.325 e. The Morgan fingerprint density at radius 3 is 2.55 bits per heavy atom. The molecule has 8 nitrogen and oxygen atoms in total. The number of imide groups is 1. The first-order chi connectivity index (χ1) is 15.0. The van der Waals surface area contributed by atoms with Crippen LogP contribution in [0.3, 0.4) is 0 Å². The van der Waals surface area contributed by atoms with E-state index in [4.69, 9.17) is 9.47 Å². The van der Waals surface area contributed by atoms with E-state index in [0.29, 0.717) is 24.6 Å². The molecule has 0 unspecified atom stereocenters. The number of carbonyl (C=O) groups excluding carboxylic acids is 3. The monoisotopic (exact) mass is 423 g/mol. The lowest BCUT2D eigenvalue weighted by Gasteiger charge is -2.29. The number of ether oxygens (including phenoxy) is 2. The fourth-order valence-electron chi connectivity index (χ4n) is 4.04. The van der Waals surface area contributed by atoms with Crippen molar-refractivity contribution in [1.29, 1.82) is 0 Å². The van der Waals surface area contributed by atoms with E-state index in [0.717, 1.165) is 22.4 Å². The van der Waals surface area contributed by atoms with E-state index < -0.39 is 18.0 Å². The molecule has 2 aliphatic heterocycles. The summed E-state index contributed by atoms with van der Waals surface area (Å²) in [5.74, 6) is 0.547. The summed E-state index contributed by atoms with van der Waals surface area (Å²) in [6.07, 6.45) is 0.744. The highest BCUT2D eigenvalue weighted by atomic mass is 16.5. The number of hydrogen-bond acceptors (Lipinski definition) is 5. The minimum atomic E-state index is -0.850. The topological polar surface area (TPSA) is 88.2 Å². The third-order valence-electron chi connectivity index (χ3n) is 5.76. The van der Waals surface area contributed by atoms with Crippen LogP contribution >= 0.6 is 0 Å². The molecule has 0 saturated carbocycles. The van der Waals surface area contributed by atoms with Crippen molar-refractivity contribution in [1.82, 2.24) is 15.1 Å². The van der Waals surface area contributed by atoms with E-state index >= 15 is 0 Å². The minimum absolute atomic E-state index is 0.0465. The molecule has 0 radical (unpaired) electrons. The van der Waals surface area contributed by atoms with Gasteiger partial charge in [-0.05, 0) is 35.2 Å². The highest BCUT2D eigenvalue weighted by Crippen LogP contribution is 2.28. The average Bonchev–Trinajstić information content (AvgIpc) is 3.05. The molecule has 162 valence electrons. The van der Waals surface area contributed by atoms with Gasteiger partial charge in [0.25, 0.3) is 5.91 Å². The van der Waals surface area contributed by atoms with Gasteiger partial charge >= 0.3 is 6.03 Å². The zero-order valence-corrected chi connectivity index (χ0v) is 17.6. The number of rotatable bonds is 6. The number of fused-ring (bicyclic) bond motifs is 1. The van der Waals surface area contributed by atoms with Crippen LogP contribution in [-0.2, 0) is 29.1 Å². The molecule has 2 aromatic carbocycles. The third kappa shape index (κ3) is 4.19. The van der Waals surface area contributed by atoms with Gasteiger partial charge in [-0.15, -0.1) is 0 Å².